The molecule has 1 aromatic rings. The Morgan fingerprint density at radius 3 is 2.74 bits per heavy atom. The van der Waals surface area contributed by atoms with Gasteiger partial charge in [0.2, 0.25) is 0 Å². The number of likely N-dealkylation sites (N-methyl/N-ethyl adjacent to an activating group) is 1. The Bertz CT molecular complexity index is 783. The van der Waals surface area contributed by atoms with E-state index < -0.39 is 36.8 Å². The number of alkyl halides is 3. The van der Waals surface area contributed by atoms with E-state index in [1.54, 1.807) is 17.4 Å². The highest BCUT2D eigenvalue weighted by atomic mass is 19.4. The van der Waals surface area contributed by atoms with Crippen molar-refractivity contribution in [2.75, 3.05) is 36.0 Å². The van der Waals surface area contributed by atoms with Gasteiger partial charge in [-0.3, -0.25) is 9.69 Å². The zero-order valence-corrected chi connectivity index (χ0v) is 14.2. The van der Waals surface area contributed by atoms with Gasteiger partial charge >= 0.3 is 24.1 Å². The Hall–Kier alpha value is -2.98. The maximum Gasteiger partial charge on any atom is 0.471 e. The van der Waals surface area contributed by atoms with Crippen molar-refractivity contribution in [2.24, 2.45) is 0 Å². The van der Waals surface area contributed by atoms with E-state index >= 15 is 0 Å². The van der Waals surface area contributed by atoms with Crippen LogP contribution < -0.4 is 19.9 Å². The van der Waals surface area contributed by atoms with E-state index in [1.165, 1.54) is 11.0 Å². The van der Waals surface area contributed by atoms with Gasteiger partial charge in [-0.2, -0.15) is 13.2 Å². The van der Waals surface area contributed by atoms with E-state index in [0.29, 0.717) is 17.9 Å². The van der Waals surface area contributed by atoms with E-state index in [9.17, 15) is 27.6 Å². The molecule has 27 heavy (non-hydrogen) atoms. The lowest BCUT2D eigenvalue weighted by Crippen LogP contribution is -2.41. The number of anilines is 2. The molecule has 2 aliphatic heterocycles. The van der Waals surface area contributed by atoms with Gasteiger partial charge in [0.25, 0.3) is 0 Å². The van der Waals surface area contributed by atoms with Crippen molar-refractivity contribution in [1.29, 1.82) is 0 Å². The Morgan fingerprint density at radius 2 is 2.07 bits per heavy atom. The molecule has 1 saturated heterocycles. The molecule has 3 rings (SSSR count). The number of hydrogen-bond donors (Lipinski definition) is 1. The molecule has 2 aliphatic rings. The van der Waals surface area contributed by atoms with Crippen LogP contribution in [0.15, 0.2) is 18.2 Å². The number of esters is 1. The van der Waals surface area contributed by atoms with Crippen LogP contribution in [0.1, 0.15) is 6.92 Å². The van der Waals surface area contributed by atoms with Crippen LogP contribution in [0.3, 0.4) is 0 Å². The second kappa shape index (κ2) is 6.97. The van der Waals surface area contributed by atoms with Gasteiger partial charge in [-0.25, -0.2) is 9.59 Å². The summed E-state index contributed by atoms with van der Waals surface area (Å²) in [5, 5.41) is 1.68. The van der Waals surface area contributed by atoms with Crippen molar-refractivity contribution in [3.63, 3.8) is 0 Å². The first-order chi connectivity index (χ1) is 12.7. The molecule has 2 amide bonds. The van der Waals surface area contributed by atoms with Gasteiger partial charge in [0.15, 0.2) is 5.75 Å². The first-order valence-corrected chi connectivity index (χ1v) is 8.12. The maximum atomic E-state index is 12.2. The van der Waals surface area contributed by atoms with E-state index in [0.717, 1.165) is 0 Å². The van der Waals surface area contributed by atoms with Crippen molar-refractivity contribution in [3.05, 3.63) is 18.2 Å². The average Bonchev–Trinajstić information content (AvgIpc) is 2.98. The Morgan fingerprint density at radius 1 is 1.33 bits per heavy atom. The third-order valence-corrected chi connectivity index (χ3v) is 4.14. The lowest BCUT2D eigenvalue weighted by Gasteiger charge is -2.29. The molecule has 1 atom stereocenters. The van der Waals surface area contributed by atoms with Crippen LogP contribution in [0.4, 0.5) is 29.3 Å². The average molecular weight is 387 g/mol. The van der Waals surface area contributed by atoms with E-state index in [-0.39, 0.29) is 18.8 Å². The number of nitrogens with zero attached hydrogens (tertiary/aromatic N) is 2. The van der Waals surface area contributed by atoms with Gasteiger partial charge in [0.05, 0.1) is 24.5 Å². The summed E-state index contributed by atoms with van der Waals surface area (Å²) in [6, 6.07) is 4.80. The summed E-state index contributed by atoms with van der Waals surface area (Å²) in [7, 11) is 0. The molecule has 0 bridgehead atoms. The number of carbonyl (C=O) groups excluding carboxylic acids is 3. The second-order valence-electron chi connectivity index (χ2n) is 5.96. The highest BCUT2D eigenvalue weighted by Gasteiger charge is 2.40. The zero-order chi connectivity index (χ0) is 19.8. The summed E-state index contributed by atoms with van der Waals surface area (Å²) in [6.45, 7) is 2.07. The fraction of sp³-hybridized carbons (Fsp3) is 0.438. The van der Waals surface area contributed by atoms with E-state index in [1.807, 2.05) is 11.8 Å². The maximum absolute atomic E-state index is 12.2. The number of ether oxygens (including phenoxy) is 2. The summed E-state index contributed by atoms with van der Waals surface area (Å²) in [5.74, 6) is -2.25. The van der Waals surface area contributed by atoms with Crippen molar-refractivity contribution in [3.8, 4) is 5.75 Å². The lowest BCUT2D eigenvalue weighted by molar-refractivity contribution is -0.173. The smallest absolute Gasteiger partial charge is 0.442 e. The molecule has 8 nitrogen and oxygen atoms in total. The van der Waals surface area contributed by atoms with Gasteiger partial charge in [-0.05, 0) is 19.1 Å². The van der Waals surface area contributed by atoms with Gasteiger partial charge < -0.3 is 19.7 Å². The molecule has 1 aromatic carbocycles. The van der Waals surface area contributed by atoms with Crippen LogP contribution in [0.5, 0.6) is 5.75 Å². The van der Waals surface area contributed by atoms with E-state index in [2.05, 4.69) is 0 Å². The standard InChI is InChI=1S/C16H16F3N3O5/c1-2-21-8-13(23)27-12-5-9(3-4-11(12)21)22-7-10(26-15(22)25)6-20-14(24)16(17,18)19/h3-5,10H,2,6-8H2,1H3,(H,20,24)/t10-/m0/s1. The van der Waals surface area contributed by atoms with Gasteiger partial charge in [0.1, 0.15) is 12.6 Å². The Balaban J connectivity index is 1.70. The third kappa shape index (κ3) is 3.91. The third-order valence-electron chi connectivity index (χ3n) is 4.14. The van der Waals surface area contributed by atoms with Crippen LogP contribution in [-0.4, -0.2) is 56.4 Å². The number of fused-ring (bicyclic) bond motifs is 1. The zero-order valence-electron chi connectivity index (χ0n) is 14.2. The predicted octanol–water partition coefficient (Wildman–Crippen LogP) is 1.44. The lowest BCUT2D eigenvalue weighted by atomic mass is 10.2. The molecule has 1 fully saturated rings. The van der Waals surface area contributed by atoms with Crippen molar-refractivity contribution in [2.45, 2.75) is 19.2 Å². The number of rotatable bonds is 4. The molecule has 0 spiro atoms. The molecular formula is C16H16F3N3O5. The molecule has 0 saturated carbocycles. The summed E-state index contributed by atoms with van der Waals surface area (Å²) >= 11 is 0. The van der Waals surface area contributed by atoms with Gasteiger partial charge in [0, 0.05) is 12.6 Å². The van der Waals surface area contributed by atoms with Crippen molar-refractivity contribution < 1.29 is 37.0 Å². The fourth-order valence-corrected chi connectivity index (χ4v) is 2.84. The highest BCUT2D eigenvalue weighted by Crippen LogP contribution is 2.36. The molecular weight excluding hydrogens is 371 g/mol. The highest BCUT2D eigenvalue weighted by molar-refractivity contribution is 5.92. The summed E-state index contributed by atoms with van der Waals surface area (Å²) in [6.07, 6.45) is -6.71. The minimum atomic E-state index is -5.00. The summed E-state index contributed by atoms with van der Waals surface area (Å²) < 4.78 is 46.8. The molecule has 11 heteroatoms. The van der Waals surface area contributed by atoms with E-state index in [4.69, 9.17) is 9.47 Å². The quantitative estimate of drug-likeness (QED) is 0.621. The number of cyclic esters (lactones) is 1. The van der Waals surface area contributed by atoms with Crippen molar-refractivity contribution in [1.82, 2.24) is 5.32 Å². The molecule has 146 valence electrons. The Kier molecular flexibility index (Phi) is 4.85. The van der Waals surface area contributed by atoms with Crippen LogP contribution in [0.25, 0.3) is 0 Å². The number of halogens is 3. The number of amides is 2. The van der Waals surface area contributed by atoms with Crippen LogP contribution >= 0.6 is 0 Å². The van der Waals surface area contributed by atoms with Crippen LogP contribution in [0, 0.1) is 0 Å². The number of nitrogens with one attached hydrogen (secondary N) is 1. The summed E-state index contributed by atoms with van der Waals surface area (Å²) in [4.78, 5) is 37.6. The molecule has 1 N–H and O–H groups in total. The molecule has 0 radical (unpaired) electrons. The van der Waals surface area contributed by atoms with Crippen LogP contribution in [-0.2, 0) is 14.3 Å². The largest absolute Gasteiger partial charge is 0.471 e. The predicted molar refractivity (Wildman–Crippen MR) is 86.6 cm³/mol. The molecule has 2 heterocycles. The molecule has 0 aromatic heterocycles. The molecule has 0 aliphatic carbocycles. The minimum Gasteiger partial charge on any atom is -0.442 e. The number of benzene rings is 1. The molecule has 0 unspecified atom stereocenters. The van der Waals surface area contributed by atoms with Crippen LogP contribution in [0.2, 0.25) is 0 Å². The van der Waals surface area contributed by atoms with Gasteiger partial charge in [-0.1, -0.05) is 0 Å². The first kappa shape index (κ1) is 18.8. The monoisotopic (exact) mass is 387 g/mol. The Labute approximate surface area is 151 Å². The minimum absolute atomic E-state index is 0.0544. The number of carbonyl (C=O) groups is 3. The SMILES string of the molecule is CCN1CC(=O)Oc2cc(N3C[C@H](CNC(=O)C(F)(F)F)OC3=O)ccc21. The van der Waals surface area contributed by atoms with Gasteiger partial charge in [-0.15, -0.1) is 0 Å². The number of hydrogen-bond acceptors (Lipinski definition) is 6. The van der Waals surface area contributed by atoms with Crippen molar-refractivity contribution >= 4 is 29.3 Å². The summed E-state index contributed by atoms with van der Waals surface area (Å²) in [5.41, 5.74) is 1.07. The fourth-order valence-electron chi connectivity index (χ4n) is 2.84. The topological polar surface area (TPSA) is 88.2 Å². The first-order valence-electron chi connectivity index (χ1n) is 8.12. The second-order valence-corrected chi connectivity index (χ2v) is 5.96. The normalized spacial score (nSPS) is 19.5.